The van der Waals surface area contributed by atoms with Gasteiger partial charge in [0.05, 0.1) is 4.92 Å². The number of nitrogens with one attached hydrogen (secondary N) is 1. The van der Waals surface area contributed by atoms with Gasteiger partial charge in [0.1, 0.15) is 5.69 Å². The van der Waals surface area contributed by atoms with Crippen molar-refractivity contribution in [2.45, 2.75) is 39.2 Å². The van der Waals surface area contributed by atoms with Crippen LogP contribution < -0.4 is 5.32 Å². The van der Waals surface area contributed by atoms with Crippen LogP contribution in [0.1, 0.15) is 33.6 Å². The Labute approximate surface area is 95.8 Å². The second kappa shape index (κ2) is 4.96. The molecule has 1 N–H and O–H groups in total. The van der Waals surface area contributed by atoms with E-state index in [1.54, 1.807) is 18.2 Å². The molecule has 0 aliphatic carbocycles. The van der Waals surface area contributed by atoms with E-state index in [2.05, 4.69) is 26.1 Å². The maximum Gasteiger partial charge on any atom is 0.292 e. The van der Waals surface area contributed by atoms with Gasteiger partial charge in [0, 0.05) is 11.6 Å². The lowest BCUT2D eigenvalue weighted by molar-refractivity contribution is -0.384. The fraction of sp³-hybridized carbons (Fsp3) is 0.500. The second-order valence-corrected chi connectivity index (χ2v) is 4.17. The lowest BCUT2D eigenvalue weighted by Gasteiger charge is -2.29. The van der Waals surface area contributed by atoms with E-state index in [0.29, 0.717) is 5.69 Å². The zero-order valence-corrected chi connectivity index (χ0v) is 9.99. The zero-order valence-electron chi connectivity index (χ0n) is 9.99. The molecule has 0 aliphatic rings. The minimum Gasteiger partial charge on any atom is -0.374 e. The smallest absolute Gasteiger partial charge is 0.292 e. The summed E-state index contributed by atoms with van der Waals surface area (Å²) in [6.07, 6.45) is 1.85. The van der Waals surface area contributed by atoms with Crippen molar-refractivity contribution >= 4 is 11.4 Å². The third-order valence-electron chi connectivity index (χ3n) is 3.10. The molecule has 1 aromatic rings. The minimum absolute atomic E-state index is 0.0912. The second-order valence-electron chi connectivity index (χ2n) is 4.17. The predicted octanol–water partition coefficient (Wildman–Crippen LogP) is 3.59. The number of para-hydroxylation sites is 2. The molecule has 0 unspecified atom stereocenters. The fourth-order valence-corrected chi connectivity index (χ4v) is 1.49. The molecule has 0 fully saturated rings. The van der Waals surface area contributed by atoms with Gasteiger partial charge in [-0.1, -0.05) is 26.0 Å². The van der Waals surface area contributed by atoms with Crippen molar-refractivity contribution in [2.75, 3.05) is 5.32 Å². The van der Waals surface area contributed by atoms with Crippen molar-refractivity contribution in [1.29, 1.82) is 0 Å². The Hall–Kier alpha value is -1.58. The summed E-state index contributed by atoms with van der Waals surface area (Å²) in [4.78, 5) is 10.5. The lowest BCUT2D eigenvalue weighted by Crippen LogP contribution is -2.33. The Bertz CT molecular complexity index is 373. The van der Waals surface area contributed by atoms with E-state index in [9.17, 15) is 10.1 Å². The molecule has 0 aliphatic heterocycles. The van der Waals surface area contributed by atoms with Gasteiger partial charge >= 0.3 is 0 Å². The highest BCUT2D eigenvalue weighted by atomic mass is 16.6. The van der Waals surface area contributed by atoms with Crippen molar-refractivity contribution in [1.82, 2.24) is 0 Å². The number of hydrogen-bond acceptors (Lipinski definition) is 3. The van der Waals surface area contributed by atoms with E-state index in [1.165, 1.54) is 6.07 Å². The molecule has 0 aromatic heterocycles. The molecule has 16 heavy (non-hydrogen) atoms. The summed E-state index contributed by atoms with van der Waals surface area (Å²) in [7, 11) is 0. The number of anilines is 1. The summed E-state index contributed by atoms with van der Waals surface area (Å²) < 4.78 is 0. The van der Waals surface area contributed by atoms with E-state index in [0.717, 1.165) is 12.8 Å². The predicted molar refractivity (Wildman–Crippen MR) is 65.7 cm³/mol. The molecular weight excluding hydrogens is 204 g/mol. The molecule has 1 aromatic carbocycles. The van der Waals surface area contributed by atoms with Crippen molar-refractivity contribution in [2.24, 2.45) is 0 Å². The topological polar surface area (TPSA) is 55.2 Å². The monoisotopic (exact) mass is 222 g/mol. The number of nitro groups is 1. The van der Waals surface area contributed by atoms with Crippen molar-refractivity contribution in [3.63, 3.8) is 0 Å². The van der Waals surface area contributed by atoms with Crippen LogP contribution in [0, 0.1) is 10.1 Å². The third-order valence-corrected chi connectivity index (χ3v) is 3.10. The maximum absolute atomic E-state index is 10.8. The van der Waals surface area contributed by atoms with E-state index in [4.69, 9.17) is 0 Å². The molecule has 0 saturated heterocycles. The van der Waals surface area contributed by atoms with Crippen LogP contribution in [0.5, 0.6) is 0 Å². The largest absolute Gasteiger partial charge is 0.374 e. The zero-order chi connectivity index (χ0) is 12.2. The standard InChI is InChI=1S/C12H18N2O2/c1-4-12(3,5-2)13-10-8-6-7-9-11(10)14(15)16/h6-9,13H,4-5H2,1-3H3. The van der Waals surface area contributed by atoms with Gasteiger partial charge in [0.2, 0.25) is 0 Å². The molecule has 0 heterocycles. The van der Waals surface area contributed by atoms with Gasteiger partial charge in [-0.05, 0) is 25.8 Å². The minimum atomic E-state index is -0.353. The van der Waals surface area contributed by atoms with Crippen LogP contribution >= 0.6 is 0 Å². The van der Waals surface area contributed by atoms with Gasteiger partial charge < -0.3 is 5.32 Å². The van der Waals surface area contributed by atoms with E-state index >= 15 is 0 Å². The molecule has 1 rings (SSSR count). The Morgan fingerprint density at radius 2 is 1.88 bits per heavy atom. The summed E-state index contributed by atoms with van der Waals surface area (Å²) in [5.74, 6) is 0. The van der Waals surface area contributed by atoms with Crippen LogP contribution in [-0.2, 0) is 0 Å². The Balaban J connectivity index is 3.01. The average Bonchev–Trinajstić information content (AvgIpc) is 2.29. The first-order valence-corrected chi connectivity index (χ1v) is 5.54. The summed E-state index contributed by atoms with van der Waals surface area (Å²) in [6.45, 7) is 6.22. The van der Waals surface area contributed by atoms with Gasteiger partial charge in [0.15, 0.2) is 0 Å². The van der Waals surface area contributed by atoms with Crippen molar-refractivity contribution in [3.05, 3.63) is 34.4 Å². The van der Waals surface area contributed by atoms with Crippen LogP contribution in [0.25, 0.3) is 0 Å². The van der Waals surface area contributed by atoms with Crippen molar-refractivity contribution in [3.8, 4) is 0 Å². The van der Waals surface area contributed by atoms with Crippen LogP contribution in [0.15, 0.2) is 24.3 Å². The lowest BCUT2D eigenvalue weighted by atomic mass is 9.95. The first-order chi connectivity index (χ1) is 7.52. The number of benzene rings is 1. The number of hydrogen-bond donors (Lipinski definition) is 1. The Kier molecular flexibility index (Phi) is 3.88. The normalized spacial score (nSPS) is 11.2. The highest BCUT2D eigenvalue weighted by molar-refractivity contribution is 5.62. The Morgan fingerprint density at radius 1 is 1.31 bits per heavy atom. The SMILES string of the molecule is CCC(C)(CC)Nc1ccccc1[N+](=O)[O-]. The molecular formula is C12H18N2O2. The van der Waals surface area contributed by atoms with Gasteiger partial charge in [-0.15, -0.1) is 0 Å². The molecule has 4 nitrogen and oxygen atoms in total. The molecule has 4 heteroatoms. The van der Waals surface area contributed by atoms with Gasteiger partial charge in [0.25, 0.3) is 5.69 Å². The molecule has 0 atom stereocenters. The van der Waals surface area contributed by atoms with E-state index in [-0.39, 0.29) is 16.1 Å². The number of nitrogens with zero attached hydrogens (tertiary/aromatic N) is 1. The number of nitro benzene ring substituents is 1. The van der Waals surface area contributed by atoms with Gasteiger partial charge in [-0.2, -0.15) is 0 Å². The molecule has 0 spiro atoms. The quantitative estimate of drug-likeness (QED) is 0.612. The van der Waals surface area contributed by atoms with Gasteiger partial charge in [-0.25, -0.2) is 0 Å². The summed E-state index contributed by atoms with van der Waals surface area (Å²) >= 11 is 0. The maximum atomic E-state index is 10.8. The molecule has 0 radical (unpaired) electrons. The van der Waals surface area contributed by atoms with Crippen LogP contribution in [0.3, 0.4) is 0 Å². The fourth-order valence-electron chi connectivity index (χ4n) is 1.49. The first kappa shape index (κ1) is 12.5. The third kappa shape index (κ3) is 2.72. The molecule has 0 amide bonds. The van der Waals surface area contributed by atoms with E-state index < -0.39 is 0 Å². The molecule has 0 saturated carbocycles. The summed E-state index contributed by atoms with van der Waals surface area (Å²) in [6, 6.07) is 6.76. The van der Waals surface area contributed by atoms with Gasteiger partial charge in [-0.3, -0.25) is 10.1 Å². The highest BCUT2D eigenvalue weighted by Gasteiger charge is 2.22. The first-order valence-electron chi connectivity index (χ1n) is 5.54. The van der Waals surface area contributed by atoms with Crippen LogP contribution in [-0.4, -0.2) is 10.5 Å². The average molecular weight is 222 g/mol. The molecule has 88 valence electrons. The van der Waals surface area contributed by atoms with Crippen LogP contribution in [0.4, 0.5) is 11.4 Å². The highest BCUT2D eigenvalue weighted by Crippen LogP contribution is 2.28. The van der Waals surface area contributed by atoms with Crippen LogP contribution in [0.2, 0.25) is 0 Å². The summed E-state index contributed by atoms with van der Waals surface area (Å²) in [5, 5.41) is 14.1. The summed E-state index contributed by atoms with van der Waals surface area (Å²) in [5.41, 5.74) is 0.640. The van der Waals surface area contributed by atoms with E-state index in [1.807, 2.05) is 0 Å². The van der Waals surface area contributed by atoms with Crippen molar-refractivity contribution < 1.29 is 4.92 Å². The Morgan fingerprint density at radius 3 is 2.38 bits per heavy atom. The number of rotatable bonds is 5. The molecule has 0 bridgehead atoms.